The molecule has 0 bridgehead atoms. The molecular weight excluding hydrogens is 220 g/mol. The van der Waals surface area contributed by atoms with Gasteiger partial charge in [-0.25, -0.2) is 14.6 Å². The van der Waals surface area contributed by atoms with Gasteiger partial charge >= 0.3 is 0 Å². The third-order valence-corrected chi connectivity index (χ3v) is 2.15. The van der Waals surface area contributed by atoms with Crippen LogP contribution in [-0.2, 0) is 6.54 Å². The predicted molar refractivity (Wildman–Crippen MR) is 60.3 cm³/mol. The maximum absolute atomic E-state index is 10.9. The van der Waals surface area contributed by atoms with Gasteiger partial charge in [0.1, 0.15) is 5.69 Å². The highest BCUT2D eigenvalue weighted by Crippen LogP contribution is 2.05. The second-order valence-electron chi connectivity index (χ2n) is 3.51. The number of carbonyl (C=O) groups is 1. The van der Waals surface area contributed by atoms with Gasteiger partial charge < -0.3 is 11.5 Å². The lowest BCUT2D eigenvalue weighted by Gasteiger charge is -2.03. The first-order valence-corrected chi connectivity index (χ1v) is 5.00. The van der Waals surface area contributed by atoms with Crippen LogP contribution in [0.1, 0.15) is 21.9 Å². The van der Waals surface area contributed by atoms with Gasteiger partial charge in [-0.2, -0.15) is 5.10 Å². The van der Waals surface area contributed by atoms with Gasteiger partial charge in [-0.05, 0) is 19.1 Å². The zero-order valence-corrected chi connectivity index (χ0v) is 9.29. The zero-order valence-electron chi connectivity index (χ0n) is 9.29. The summed E-state index contributed by atoms with van der Waals surface area (Å²) in [6, 6.07) is 3.30. The fourth-order valence-electron chi connectivity index (χ4n) is 1.39. The van der Waals surface area contributed by atoms with Gasteiger partial charge in [-0.3, -0.25) is 4.79 Å². The highest BCUT2D eigenvalue weighted by atomic mass is 16.1. The van der Waals surface area contributed by atoms with Crippen LogP contribution in [0, 0.1) is 6.92 Å². The molecule has 0 saturated carbocycles. The van der Waals surface area contributed by atoms with Crippen molar-refractivity contribution in [2.45, 2.75) is 13.5 Å². The van der Waals surface area contributed by atoms with E-state index in [-0.39, 0.29) is 5.69 Å². The number of aryl methyl sites for hydroxylation is 1. The Morgan fingerprint density at radius 2 is 2.24 bits per heavy atom. The Balaban J connectivity index is 2.44. The van der Waals surface area contributed by atoms with Crippen molar-refractivity contribution < 1.29 is 4.79 Å². The highest BCUT2D eigenvalue weighted by molar-refractivity contribution is 5.90. The van der Waals surface area contributed by atoms with E-state index in [1.165, 1.54) is 10.7 Å². The molecule has 2 aromatic rings. The standard InChI is InChI=1S/C10H12N6O/c1-6-4-7(5-11)14-10(13-6)16-3-2-8(15-16)9(12)17/h2-4H,5,11H2,1H3,(H2,12,17). The molecule has 0 aliphatic heterocycles. The van der Waals surface area contributed by atoms with Crippen LogP contribution in [-0.4, -0.2) is 25.7 Å². The van der Waals surface area contributed by atoms with E-state index in [1.54, 1.807) is 12.3 Å². The Morgan fingerprint density at radius 1 is 1.47 bits per heavy atom. The van der Waals surface area contributed by atoms with Crippen LogP contribution >= 0.6 is 0 Å². The minimum Gasteiger partial charge on any atom is -0.364 e. The topological polar surface area (TPSA) is 113 Å². The summed E-state index contributed by atoms with van der Waals surface area (Å²) in [4.78, 5) is 19.3. The number of nitrogens with two attached hydrogens (primary N) is 2. The largest absolute Gasteiger partial charge is 0.364 e. The van der Waals surface area contributed by atoms with E-state index < -0.39 is 5.91 Å². The van der Waals surface area contributed by atoms with Crippen molar-refractivity contribution in [2.75, 3.05) is 0 Å². The number of aromatic nitrogens is 4. The lowest BCUT2D eigenvalue weighted by molar-refractivity contribution is 0.0995. The van der Waals surface area contributed by atoms with Crippen molar-refractivity contribution >= 4 is 5.91 Å². The van der Waals surface area contributed by atoms with Crippen molar-refractivity contribution in [3.05, 3.63) is 35.4 Å². The molecule has 0 atom stereocenters. The fraction of sp³-hybridized carbons (Fsp3) is 0.200. The molecule has 0 saturated heterocycles. The maximum Gasteiger partial charge on any atom is 0.269 e. The van der Waals surface area contributed by atoms with Crippen LogP contribution in [0.4, 0.5) is 0 Å². The van der Waals surface area contributed by atoms with E-state index in [4.69, 9.17) is 11.5 Å². The molecule has 88 valence electrons. The average molecular weight is 232 g/mol. The van der Waals surface area contributed by atoms with E-state index in [1.807, 2.05) is 6.92 Å². The van der Waals surface area contributed by atoms with Crippen molar-refractivity contribution in [3.8, 4) is 5.95 Å². The second kappa shape index (κ2) is 4.30. The van der Waals surface area contributed by atoms with E-state index in [2.05, 4.69) is 15.1 Å². The van der Waals surface area contributed by atoms with Crippen molar-refractivity contribution in [1.29, 1.82) is 0 Å². The van der Waals surface area contributed by atoms with Gasteiger partial charge in [-0.15, -0.1) is 0 Å². The molecule has 2 heterocycles. The van der Waals surface area contributed by atoms with Crippen LogP contribution in [0.5, 0.6) is 0 Å². The molecule has 4 N–H and O–H groups in total. The first kappa shape index (κ1) is 11.2. The maximum atomic E-state index is 10.9. The molecule has 0 aliphatic rings. The number of rotatable bonds is 3. The zero-order chi connectivity index (χ0) is 12.4. The average Bonchev–Trinajstić information content (AvgIpc) is 2.77. The smallest absolute Gasteiger partial charge is 0.269 e. The summed E-state index contributed by atoms with van der Waals surface area (Å²) in [5.41, 5.74) is 12.3. The minimum absolute atomic E-state index is 0.171. The van der Waals surface area contributed by atoms with Gasteiger partial charge in [0.25, 0.3) is 11.9 Å². The van der Waals surface area contributed by atoms with Gasteiger partial charge in [0.15, 0.2) is 0 Å². The summed E-state index contributed by atoms with van der Waals surface area (Å²) in [6.45, 7) is 2.16. The molecule has 7 nitrogen and oxygen atoms in total. The molecule has 1 amide bonds. The van der Waals surface area contributed by atoms with Crippen molar-refractivity contribution in [2.24, 2.45) is 11.5 Å². The summed E-state index contributed by atoms with van der Waals surface area (Å²) in [5.74, 6) is -0.214. The summed E-state index contributed by atoms with van der Waals surface area (Å²) in [6.07, 6.45) is 1.58. The van der Waals surface area contributed by atoms with Gasteiger partial charge in [0.05, 0.1) is 5.69 Å². The molecule has 0 fully saturated rings. The number of primary amides is 1. The summed E-state index contributed by atoms with van der Waals surface area (Å²) >= 11 is 0. The molecule has 7 heteroatoms. The Labute approximate surface area is 97.5 Å². The Bertz CT molecular complexity index is 562. The molecule has 0 aromatic carbocycles. The van der Waals surface area contributed by atoms with E-state index in [0.717, 1.165) is 5.69 Å². The monoisotopic (exact) mass is 232 g/mol. The van der Waals surface area contributed by atoms with Crippen LogP contribution < -0.4 is 11.5 Å². The SMILES string of the molecule is Cc1cc(CN)nc(-n2ccc(C(N)=O)n2)n1. The Morgan fingerprint density at radius 3 is 2.82 bits per heavy atom. The number of nitrogens with zero attached hydrogens (tertiary/aromatic N) is 4. The molecule has 2 rings (SSSR count). The van der Waals surface area contributed by atoms with Crippen LogP contribution in [0.2, 0.25) is 0 Å². The second-order valence-corrected chi connectivity index (χ2v) is 3.51. The van der Waals surface area contributed by atoms with Crippen LogP contribution in [0.25, 0.3) is 5.95 Å². The first-order valence-electron chi connectivity index (χ1n) is 5.00. The molecule has 0 aliphatic carbocycles. The molecule has 2 aromatic heterocycles. The van der Waals surface area contributed by atoms with Crippen LogP contribution in [0.3, 0.4) is 0 Å². The predicted octanol–water partition coefficient (Wildman–Crippen LogP) is -0.472. The molecule has 0 unspecified atom stereocenters. The summed E-state index contributed by atoms with van der Waals surface area (Å²) < 4.78 is 1.40. The van der Waals surface area contributed by atoms with Crippen molar-refractivity contribution in [3.63, 3.8) is 0 Å². The van der Waals surface area contributed by atoms with Gasteiger partial charge in [0.2, 0.25) is 0 Å². The Hall–Kier alpha value is -2.28. The normalized spacial score (nSPS) is 10.5. The van der Waals surface area contributed by atoms with E-state index >= 15 is 0 Å². The number of carbonyl (C=O) groups excluding carboxylic acids is 1. The number of hydrogen-bond donors (Lipinski definition) is 2. The lowest BCUT2D eigenvalue weighted by atomic mass is 10.3. The van der Waals surface area contributed by atoms with E-state index in [0.29, 0.717) is 18.2 Å². The third-order valence-electron chi connectivity index (χ3n) is 2.15. The lowest BCUT2D eigenvalue weighted by Crippen LogP contribution is -2.13. The third kappa shape index (κ3) is 2.28. The van der Waals surface area contributed by atoms with Crippen molar-refractivity contribution in [1.82, 2.24) is 19.7 Å². The highest BCUT2D eigenvalue weighted by Gasteiger charge is 2.08. The summed E-state index contributed by atoms with van der Waals surface area (Å²) in [7, 11) is 0. The van der Waals surface area contributed by atoms with E-state index in [9.17, 15) is 4.79 Å². The molecule has 0 spiro atoms. The number of hydrogen-bond acceptors (Lipinski definition) is 5. The molecule has 17 heavy (non-hydrogen) atoms. The fourth-order valence-corrected chi connectivity index (χ4v) is 1.39. The minimum atomic E-state index is -0.588. The number of amides is 1. The molecular formula is C10H12N6O. The van der Waals surface area contributed by atoms with Gasteiger partial charge in [-0.1, -0.05) is 0 Å². The quantitative estimate of drug-likeness (QED) is 0.742. The molecule has 0 radical (unpaired) electrons. The first-order chi connectivity index (χ1) is 8.10. The Kier molecular flexibility index (Phi) is 2.84. The van der Waals surface area contributed by atoms with Crippen LogP contribution in [0.15, 0.2) is 18.3 Å². The van der Waals surface area contributed by atoms with Gasteiger partial charge in [0, 0.05) is 18.4 Å². The summed E-state index contributed by atoms with van der Waals surface area (Å²) in [5, 5.41) is 3.97.